The molecule has 0 unspecified atom stereocenters. The molecule has 3 rings (SSSR count). The second-order valence-electron chi connectivity index (χ2n) is 5.72. The van der Waals surface area contributed by atoms with Crippen molar-refractivity contribution in [2.45, 2.75) is 6.42 Å². The van der Waals surface area contributed by atoms with E-state index < -0.39 is 9.85 Å². The van der Waals surface area contributed by atoms with Crippen molar-refractivity contribution < 1.29 is 9.85 Å². The van der Waals surface area contributed by atoms with Crippen LogP contribution in [0.5, 0.6) is 0 Å². The van der Waals surface area contributed by atoms with Crippen molar-refractivity contribution in [2.75, 3.05) is 18.4 Å². The lowest BCUT2D eigenvalue weighted by molar-refractivity contribution is -0.419. The minimum absolute atomic E-state index is 0.0148. The van der Waals surface area contributed by atoms with E-state index in [1.165, 1.54) is 18.2 Å². The highest BCUT2D eigenvalue weighted by atomic mass is 32.1. The van der Waals surface area contributed by atoms with Crippen molar-refractivity contribution in [2.24, 2.45) is 0 Å². The Kier molecular flexibility index (Phi) is 5.31. The van der Waals surface area contributed by atoms with Gasteiger partial charge < -0.3 is 10.6 Å². The monoisotopic (exact) mass is 388 g/mol. The lowest BCUT2D eigenvalue weighted by Gasteiger charge is -2.34. The van der Waals surface area contributed by atoms with Gasteiger partial charge in [0.15, 0.2) is 5.11 Å². The van der Waals surface area contributed by atoms with Crippen LogP contribution in [-0.2, 0) is 0 Å². The second-order valence-corrected chi connectivity index (χ2v) is 6.13. The number of nitro benzene ring substituents is 1. The van der Waals surface area contributed by atoms with Gasteiger partial charge >= 0.3 is 0 Å². The van der Waals surface area contributed by atoms with Crippen LogP contribution in [0.15, 0.2) is 59.6 Å². The van der Waals surface area contributed by atoms with Gasteiger partial charge in [-0.15, -0.1) is 0 Å². The molecule has 1 aromatic carbocycles. The molecule has 1 saturated heterocycles. The van der Waals surface area contributed by atoms with E-state index in [0.29, 0.717) is 30.9 Å². The molecule has 0 atom stereocenters. The lowest BCUT2D eigenvalue weighted by atomic mass is 10.2. The Balaban J connectivity index is 1.71. The molecule has 10 nitrogen and oxygen atoms in total. The Hall–Kier alpha value is -3.47. The maximum Gasteiger partial charge on any atom is 0.269 e. The number of nitrogens with zero attached hydrogens (tertiary/aromatic N) is 3. The second kappa shape index (κ2) is 7.83. The Labute approximate surface area is 159 Å². The molecule has 11 heteroatoms. The number of hydrazine groups is 1. The Bertz CT molecular complexity index is 877. The largest absolute Gasteiger partial charge is 0.382 e. The van der Waals surface area contributed by atoms with Crippen LogP contribution in [0.25, 0.3) is 0 Å². The van der Waals surface area contributed by atoms with Gasteiger partial charge in [-0.3, -0.25) is 30.7 Å². The Morgan fingerprint density at radius 2 is 1.89 bits per heavy atom. The summed E-state index contributed by atoms with van der Waals surface area (Å²) in [6.45, 7) is 1.18. The summed E-state index contributed by atoms with van der Waals surface area (Å²) in [4.78, 5) is 21.0. The van der Waals surface area contributed by atoms with E-state index in [1.54, 1.807) is 23.2 Å². The number of anilines is 1. The third-order valence-electron chi connectivity index (χ3n) is 3.93. The Morgan fingerprint density at radius 1 is 1.15 bits per heavy atom. The van der Waals surface area contributed by atoms with Crippen LogP contribution in [0.1, 0.15) is 6.42 Å². The van der Waals surface area contributed by atoms with Crippen molar-refractivity contribution >= 4 is 28.7 Å². The highest BCUT2D eigenvalue weighted by molar-refractivity contribution is 7.80. The van der Waals surface area contributed by atoms with Gasteiger partial charge in [0.1, 0.15) is 0 Å². The molecule has 1 aromatic rings. The summed E-state index contributed by atoms with van der Waals surface area (Å²) in [7, 11) is 0. The standard InChI is InChI=1S/C16H16N6O4S/c23-21(24)12-6-4-11(5-7-12)18-16(27)19-20-9-8-17-14-3-1-2-13(22(25)26)10-15(14)20/h2-7,10,17H,1,8-9H2,(H2,18,19,27). The molecule has 1 aliphatic carbocycles. The molecule has 27 heavy (non-hydrogen) atoms. The first-order chi connectivity index (χ1) is 12.9. The quantitative estimate of drug-likeness (QED) is 0.403. The molecular weight excluding hydrogens is 372 g/mol. The molecule has 0 bridgehead atoms. The molecule has 0 aromatic heterocycles. The fraction of sp³-hybridized carbons (Fsp3) is 0.188. The van der Waals surface area contributed by atoms with Gasteiger partial charge in [-0.2, -0.15) is 0 Å². The van der Waals surface area contributed by atoms with Crippen molar-refractivity contribution in [3.8, 4) is 0 Å². The summed E-state index contributed by atoms with van der Waals surface area (Å²) >= 11 is 5.30. The summed E-state index contributed by atoms with van der Waals surface area (Å²) < 4.78 is 0. The van der Waals surface area contributed by atoms with E-state index in [0.717, 1.165) is 5.70 Å². The average molecular weight is 388 g/mol. The number of piperazine rings is 1. The summed E-state index contributed by atoms with van der Waals surface area (Å²) in [6.07, 6.45) is 5.37. The number of nitrogens with one attached hydrogen (secondary N) is 3. The zero-order chi connectivity index (χ0) is 19.4. The van der Waals surface area contributed by atoms with Gasteiger partial charge in [0, 0.05) is 30.4 Å². The predicted molar refractivity (Wildman–Crippen MR) is 103 cm³/mol. The van der Waals surface area contributed by atoms with Crippen LogP contribution in [0, 0.1) is 20.2 Å². The van der Waals surface area contributed by atoms with Gasteiger partial charge in [-0.25, -0.2) is 0 Å². The van der Waals surface area contributed by atoms with Crippen LogP contribution in [0.4, 0.5) is 11.4 Å². The van der Waals surface area contributed by atoms with E-state index in [1.807, 2.05) is 6.08 Å². The number of nitro groups is 2. The average Bonchev–Trinajstić information content (AvgIpc) is 2.85. The van der Waals surface area contributed by atoms with E-state index >= 15 is 0 Å². The number of hydrogen-bond donors (Lipinski definition) is 3. The fourth-order valence-corrected chi connectivity index (χ4v) is 2.91. The third kappa shape index (κ3) is 4.39. The van der Waals surface area contributed by atoms with E-state index in [2.05, 4.69) is 16.1 Å². The van der Waals surface area contributed by atoms with Crippen LogP contribution in [-0.4, -0.2) is 33.1 Å². The molecule has 1 heterocycles. The van der Waals surface area contributed by atoms with Gasteiger partial charge in [-0.05, 0) is 36.8 Å². The number of non-ortho nitro benzene ring substituents is 1. The molecule has 2 aliphatic rings. The summed E-state index contributed by atoms with van der Waals surface area (Å²) in [5, 5.41) is 30.0. The molecule has 1 aliphatic heterocycles. The molecule has 140 valence electrons. The summed E-state index contributed by atoms with van der Waals surface area (Å²) in [5.41, 5.74) is 5.01. The van der Waals surface area contributed by atoms with Crippen LogP contribution in [0.2, 0.25) is 0 Å². The number of allylic oxidation sites excluding steroid dienone is 3. The molecule has 0 saturated carbocycles. The number of benzene rings is 1. The van der Waals surface area contributed by atoms with Crippen molar-refractivity contribution in [3.63, 3.8) is 0 Å². The van der Waals surface area contributed by atoms with Gasteiger partial charge in [0.25, 0.3) is 11.4 Å². The van der Waals surface area contributed by atoms with Gasteiger partial charge in [0.05, 0.1) is 27.8 Å². The maximum atomic E-state index is 11.2. The van der Waals surface area contributed by atoms with E-state index in [4.69, 9.17) is 12.2 Å². The highest BCUT2D eigenvalue weighted by Crippen LogP contribution is 2.22. The smallest absolute Gasteiger partial charge is 0.269 e. The molecule has 0 radical (unpaired) electrons. The molecule has 1 fully saturated rings. The molecule has 3 N–H and O–H groups in total. The van der Waals surface area contributed by atoms with Crippen LogP contribution in [0.3, 0.4) is 0 Å². The minimum Gasteiger partial charge on any atom is -0.382 e. The summed E-state index contributed by atoms with van der Waals surface area (Å²) in [5.74, 6) is 0. The number of hydrogen-bond acceptors (Lipinski definition) is 7. The first-order valence-corrected chi connectivity index (χ1v) is 8.45. The number of rotatable bonds is 4. The van der Waals surface area contributed by atoms with Gasteiger partial charge in [-0.1, -0.05) is 6.08 Å². The number of thiocarbonyl (C=S) groups is 1. The van der Waals surface area contributed by atoms with Crippen LogP contribution >= 0.6 is 12.2 Å². The first-order valence-electron chi connectivity index (χ1n) is 8.04. The molecule has 0 amide bonds. The minimum atomic E-state index is -0.478. The van der Waals surface area contributed by atoms with Crippen LogP contribution < -0.4 is 16.1 Å². The zero-order valence-electron chi connectivity index (χ0n) is 14.0. The van der Waals surface area contributed by atoms with Crippen molar-refractivity contribution in [1.82, 2.24) is 15.8 Å². The lowest BCUT2D eigenvalue weighted by Crippen LogP contribution is -2.50. The fourth-order valence-electron chi connectivity index (χ4n) is 2.68. The van der Waals surface area contributed by atoms with E-state index in [9.17, 15) is 20.2 Å². The third-order valence-corrected chi connectivity index (χ3v) is 4.13. The van der Waals surface area contributed by atoms with E-state index in [-0.39, 0.29) is 16.5 Å². The van der Waals surface area contributed by atoms with Crippen molar-refractivity contribution in [3.05, 3.63) is 79.8 Å². The zero-order valence-corrected chi connectivity index (χ0v) is 14.9. The first kappa shape index (κ1) is 18.3. The molecular formula is C16H16N6O4S. The topological polar surface area (TPSA) is 126 Å². The SMILES string of the molecule is O=[N+]([O-])C1=CCC=C2NCCN(NC(=S)Nc3ccc([N+](=O)[O-])cc3)C2=C1. The highest BCUT2D eigenvalue weighted by Gasteiger charge is 2.24. The van der Waals surface area contributed by atoms with Gasteiger partial charge in [0.2, 0.25) is 0 Å². The normalized spacial score (nSPS) is 15.9. The predicted octanol–water partition coefficient (Wildman–Crippen LogP) is 2.03. The summed E-state index contributed by atoms with van der Waals surface area (Å²) in [6, 6.07) is 5.85. The maximum absolute atomic E-state index is 11.2. The number of fused-ring (bicyclic) bond motifs is 1. The molecule has 0 spiro atoms. The van der Waals surface area contributed by atoms with Crippen molar-refractivity contribution in [1.29, 1.82) is 0 Å². The Morgan fingerprint density at radius 3 is 2.56 bits per heavy atom.